The number of benzene rings is 1. The normalized spacial score (nSPS) is 10.6. The Labute approximate surface area is 114 Å². The van der Waals surface area contributed by atoms with Crippen molar-refractivity contribution in [2.75, 3.05) is 6.54 Å². The molecule has 0 saturated heterocycles. The van der Waals surface area contributed by atoms with Gasteiger partial charge in [0.15, 0.2) is 0 Å². The topological polar surface area (TPSA) is 66.0 Å². The van der Waals surface area contributed by atoms with Gasteiger partial charge in [0.2, 0.25) is 0 Å². The van der Waals surface area contributed by atoms with Crippen molar-refractivity contribution in [2.45, 2.75) is 13.0 Å². The lowest BCUT2D eigenvalue weighted by Gasteiger charge is -2.08. The van der Waals surface area contributed by atoms with Crippen LogP contribution < -0.4 is 10.5 Å². The molecule has 0 spiro atoms. The maximum absolute atomic E-state index is 5.68. The molecule has 96 valence electrons. The molecule has 0 aliphatic heterocycles. The third kappa shape index (κ3) is 3.30. The summed E-state index contributed by atoms with van der Waals surface area (Å²) in [5, 5.41) is 7.81. The van der Waals surface area contributed by atoms with E-state index in [0.29, 0.717) is 13.2 Å². The second kappa shape index (κ2) is 5.97. The predicted molar refractivity (Wildman–Crippen MR) is 72.2 cm³/mol. The number of aromatic nitrogens is 3. The fourth-order valence-electron chi connectivity index (χ4n) is 1.60. The van der Waals surface area contributed by atoms with Crippen LogP contribution in [-0.4, -0.2) is 21.5 Å². The third-order valence-electron chi connectivity index (χ3n) is 2.45. The van der Waals surface area contributed by atoms with E-state index in [1.54, 1.807) is 4.68 Å². The number of nitrogens with two attached hydrogens (primary N) is 1. The summed E-state index contributed by atoms with van der Waals surface area (Å²) in [5.74, 6) is 0.793. The molecule has 1 aromatic carbocycles. The van der Waals surface area contributed by atoms with Crippen LogP contribution in [0.5, 0.6) is 5.75 Å². The minimum Gasteiger partial charge on any atom is -0.486 e. The summed E-state index contributed by atoms with van der Waals surface area (Å²) in [6.07, 6.45) is 2.69. The summed E-state index contributed by atoms with van der Waals surface area (Å²) in [6, 6.07) is 5.98. The molecule has 0 aliphatic carbocycles. The fraction of sp³-hybridized carbons (Fsp3) is 0.333. The zero-order valence-electron chi connectivity index (χ0n) is 10.1. The minimum atomic E-state index is 0.405. The van der Waals surface area contributed by atoms with Gasteiger partial charge in [-0.25, -0.2) is 0 Å². The molecule has 1 aromatic heterocycles. The standard InChI is InChI=1S/C12H15BrN4O/c1-17-7-10(15-16-17)8-18-12-3-2-9(4-5-14)6-11(12)13/h2-3,6-7H,4-5,8,14H2,1H3. The molecule has 0 fully saturated rings. The highest BCUT2D eigenvalue weighted by molar-refractivity contribution is 9.10. The van der Waals surface area contributed by atoms with E-state index in [1.165, 1.54) is 5.56 Å². The average Bonchev–Trinajstić information content (AvgIpc) is 2.74. The number of rotatable bonds is 5. The number of ether oxygens (including phenoxy) is 1. The molecule has 0 saturated carbocycles. The van der Waals surface area contributed by atoms with Crippen LogP contribution in [0.15, 0.2) is 28.9 Å². The van der Waals surface area contributed by atoms with Crippen LogP contribution in [0, 0.1) is 0 Å². The van der Waals surface area contributed by atoms with Gasteiger partial charge in [-0.05, 0) is 46.6 Å². The van der Waals surface area contributed by atoms with Gasteiger partial charge in [-0.15, -0.1) is 5.10 Å². The highest BCUT2D eigenvalue weighted by Crippen LogP contribution is 2.26. The van der Waals surface area contributed by atoms with Gasteiger partial charge in [-0.2, -0.15) is 0 Å². The molecule has 0 radical (unpaired) electrons. The lowest BCUT2D eigenvalue weighted by Crippen LogP contribution is -2.03. The Morgan fingerprint density at radius 2 is 2.28 bits per heavy atom. The van der Waals surface area contributed by atoms with E-state index in [2.05, 4.69) is 26.2 Å². The number of aryl methyl sites for hydroxylation is 1. The Balaban J connectivity index is 2.01. The number of halogens is 1. The fourth-order valence-corrected chi connectivity index (χ4v) is 2.14. The SMILES string of the molecule is Cn1cc(COc2ccc(CCN)cc2Br)nn1. The second-order valence-corrected chi connectivity index (χ2v) is 4.83. The molecule has 0 atom stereocenters. The molecule has 2 aromatic rings. The lowest BCUT2D eigenvalue weighted by molar-refractivity contribution is 0.299. The van der Waals surface area contributed by atoms with E-state index in [1.807, 2.05) is 31.4 Å². The van der Waals surface area contributed by atoms with Crippen LogP contribution in [0.3, 0.4) is 0 Å². The van der Waals surface area contributed by atoms with Crippen LogP contribution >= 0.6 is 15.9 Å². The molecule has 0 amide bonds. The van der Waals surface area contributed by atoms with Crippen molar-refractivity contribution in [1.29, 1.82) is 0 Å². The molecule has 6 heteroatoms. The van der Waals surface area contributed by atoms with Crippen LogP contribution in [0.2, 0.25) is 0 Å². The summed E-state index contributed by atoms with van der Waals surface area (Å²) >= 11 is 3.49. The van der Waals surface area contributed by atoms with E-state index in [4.69, 9.17) is 10.5 Å². The molecule has 2 N–H and O–H groups in total. The summed E-state index contributed by atoms with van der Waals surface area (Å²) in [6.45, 7) is 1.05. The quantitative estimate of drug-likeness (QED) is 0.912. The minimum absolute atomic E-state index is 0.405. The Bertz CT molecular complexity index is 527. The Morgan fingerprint density at radius 3 is 2.89 bits per heavy atom. The van der Waals surface area contributed by atoms with Crippen molar-refractivity contribution >= 4 is 15.9 Å². The number of hydrogen-bond donors (Lipinski definition) is 1. The Hall–Kier alpha value is -1.40. The monoisotopic (exact) mass is 310 g/mol. The van der Waals surface area contributed by atoms with Gasteiger partial charge in [-0.3, -0.25) is 4.68 Å². The zero-order chi connectivity index (χ0) is 13.0. The first-order chi connectivity index (χ1) is 8.69. The van der Waals surface area contributed by atoms with Crippen molar-refractivity contribution in [3.8, 4) is 5.75 Å². The van der Waals surface area contributed by atoms with E-state index in [0.717, 1.165) is 22.3 Å². The summed E-state index contributed by atoms with van der Waals surface area (Å²) in [5.41, 5.74) is 7.51. The molecule has 0 aliphatic rings. The van der Waals surface area contributed by atoms with Crippen molar-refractivity contribution < 1.29 is 4.74 Å². The van der Waals surface area contributed by atoms with Crippen LogP contribution in [-0.2, 0) is 20.1 Å². The van der Waals surface area contributed by atoms with E-state index >= 15 is 0 Å². The van der Waals surface area contributed by atoms with Gasteiger partial charge in [0.05, 0.1) is 10.7 Å². The first kappa shape index (κ1) is 13.0. The van der Waals surface area contributed by atoms with Gasteiger partial charge in [0.1, 0.15) is 18.1 Å². The van der Waals surface area contributed by atoms with Crippen molar-refractivity contribution in [3.05, 3.63) is 40.1 Å². The Kier molecular flexibility index (Phi) is 4.33. The molecule has 2 rings (SSSR count). The maximum Gasteiger partial charge on any atom is 0.134 e. The van der Waals surface area contributed by atoms with Gasteiger partial charge in [0.25, 0.3) is 0 Å². The highest BCUT2D eigenvalue weighted by Gasteiger charge is 2.04. The lowest BCUT2D eigenvalue weighted by atomic mass is 10.1. The second-order valence-electron chi connectivity index (χ2n) is 3.98. The van der Waals surface area contributed by atoms with E-state index in [-0.39, 0.29) is 0 Å². The van der Waals surface area contributed by atoms with Gasteiger partial charge in [0, 0.05) is 7.05 Å². The van der Waals surface area contributed by atoms with Gasteiger partial charge >= 0.3 is 0 Å². The largest absolute Gasteiger partial charge is 0.486 e. The van der Waals surface area contributed by atoms with Crippen molar-refractivity contribution in [1.82, 2.24) is 15.0 Å². The van der Waals surface area contributed by atoms with E-state index < -0.39 is 0 Å². The molecular formula is C12H15BrN4O. The molecule has 0 unspecified atom stereocenters. The predicted octanol–water partition coefficient (Wildman–Crippen LogP) is 1.66. The summed E-state index contributed by atoms with van der Waals surface area (Å²) in [4.78, 5) is 0. The zero-order valence-corrected chi connectivity index (χ0v) is 11.7. The van der Waals surface area contributed by atoms with Crippen LogP contribution in [0.1, 0.15) is 11.3 Å². The number of hydrogen-bond acceptors (Lipinski definition) is 4. The summed E-state index contributed by atoms with van der Waals surface area (Å²) < 4.78 is 8.25. The number of nitrogens with zero attached hydrogens (tertiary/aromatic N) is 3. The van der Waals surface area contributed by atoms with Crippen LogP contribution in [0.4, 0.5) is 0 Å². The third-order valence-corrected chi connectivity index (χ3v) is 3.07. The van der Waals surface area contributed by atoms with E-state index in [9.17, 15) is 0 Å². The van der Waals surface area contributed by atoms with Crippen LogP contribution in [0.25, 0.3) is 0 Å². The first-order valence-corrected chi connectivity index (χ1v) is 6.45. The summed E-state index contributed by atoms with van der Waals surface area (Å²) in [7, 11) is 1.83. The highest BCUT2D eigenvalue weighted by atomic mass is 79.9. The van der Waals surface area contributed by atoms with Crippen molar-refractivity contribution in [2.24, 2.45) is 12.8 Å². The smallest absolute Gasteiger partial charge is 0.134 e. The maximum atomic E-state index is 5.68. The first-order valence-electron chi connectivity index (χ1n) is 5.65. The molecule has 0 bridgehead atoms. The molecular weight excluding hydrogens is 296 g/mol. The Morgan fingerprint density at radius 1 is 1.44 bits per heavy atom. The average molecular weight is 311 g/mol. The molecule has 5 nitrogen and oxygen atoms in total. The molecule has 1 heterocycles. The van der Waals surface area contributed by atoms with Gasteiger partial charge in [-0.1, -0.05) is 11.3 Å². The van der Waals surface area contributed by atoms with Crippen molar-refractivity contribution in [3.63, 3.8) is 0 Å². The van der Waals surface area contributed by atoms with Gasteiger partial charge < -0.3 is 10.5 Å². The molecule has 18 heavy (non-hydrogen) atoms.